The third-order valence-corrected chi connectivity index (χ3v) is 3.03. The fraction of sp³-hybridized carbons (Fsp3) is 0.600. The second kappa shape index (κ2) is 5.53. The molecule has 1 aromatic carbocycles. The van der Waals surface area contributed by atoms with Crippen LogP contribution in [0, 0.1) is 0 Å². The summed E-state index contributed by atoms with van der Waals surface area (Å²) in [5, 5.41) is 0. The zero-order valence-electron chi connectivity index (χ0n) is 12.2. The second-order valence-electron chi connectivity index (χ2n) is 6.22. The summed E-state index contributed by atoms with van der Waals surface area (Å²) in [6.45, 7) is 6.53. The highest BCUT2D eigenvalue weighted by molar-refractivity contribution is 5.35. The van der Waals surface area contributed by atoms with Gasteiger partial charge in [0, 0.05) is 6.54 Å². The maximum absolute atomic E-state index is 12.9. The van der Waals surface area contributed by atoms with Crippen LogP contribution >= 0.6 is 0 Å². The fourth-order valence-corrected chi connectivity index (χ4v) is 1.79. The smallest absolute Gasteiger partial charge is 0.309 e. The van der Waals surface area contributed by atoms with Gasteiger partial charge in [-0.2, -0.15) is 13.2 Å². The van der Waals surface area contributed by atoms with Gasteiger partial charge in [-0.25, -0.2) is 0 Å². The number of hydrogen-bond acceptors (Lipinski definition) is 1. The summed E-state index contributed by atoms with van der Waals surface area (Å²) in [4.78, 5) is 1.97. The standard InChI is InChI=1S/C15H22F3N/c1-14(2,3)12-8-11(6-7-19(4)5)9-13(10-12)15(16,17)18/h8-10H,6-7H2,1-5H3. The lowest BCUT2D eigenvalue weighted by Crippen LogP contribution is -2.18. The summed E-state index contributed by atoms with van der Waals surface area (Å²) in [7, 11) is 3.83. The van der Waals surface area contributed by atoms with Gasteiger partial charge in [-0.1, -0.05) is 26.8 Å². The van der Waals surface area contributed by atoms with E-state index in [0.717, 1.165) is 17.7 Å². The zero-order valence-corrected chi connectivity index (χ0v) is 12.2. The first-order valence-corrected chi connectivity index (χ1v) is 6.36. The van der Waals surface area contributed by atoms with Gasteiger partial charge >= 0.3 is 6.18 Å². The first-order valence-electron chi connectivity index (χ1n) is 6.36. The number of nitrogens with zero attached hydrogens (tertiary/aromatic N) is 1. The van der Waals surface area contributed by atoms with Crippen LogP contribution in [-0.2, 0) is 18.0 Å². The Hall–Kier alpha value is -1.03. The molecule has 0 bridgehead atoms. The Kier molecular flexibility index (Phi) is 4.67. The van der Waals surface area contributed by atoms with Gasteiger partial charge in [0.25, 0.3) is 0 Å². The molecule has 0 fully saturated rings. The lowest BCUT2D eigenvalue weighted by molar-refractivity contribution is -0.137. The summed E-state index contributed by atoms with van der Waals surface area (Å²) in [6, 6.07) is 4.41. The molecule has 0 aliphatic heterocycles. The van der Waals surface area contributed by atoms with Crippen LogP contribution in [0.15, 0.2) is 18.2 Å². The number of benzene rings is 1. The fourth-order valence-electron chi connectivity index (χ4n) is 1.79. The molecule has 1 aromatic rings. The third kappa shape index (κ3) is 4.86. The van der Waals surface area contributed by atoms with E-state index in [2.05, 4.69) is 0 Å². The summed E-state index contributed by atoms with van der Waals surface area (Å²) < 4.78 is 38.8. The van der Waals surface area contributed by atoms with Gasteiger partial charge in [-0.3, -0.25) is 0 Å². The molecular formula is C15H22F3N. The van der Waals surface area contributed by atoms with Crippen LogP contribution in [0.3, 0.4) is 0 Å². The molecule has 0 unspecified atom stereocenters. The Morgan fingerprint density at radius 3 is 1.89 bits per heavy atom. The van der Waals surface area contributed by atoms with Gasteiger partial charge in [-0.05, 0) is 49.2 Å². The van der Waals surface area contributed by atoms with Gasteiger partial charge in [0.05, 0.1) is 5.56 Å². The number of rotatable bonds is 3. The molecule has 0 heterocycles. The molecule has 0 aromatic heterocycles. The monoisotopic (exact) mass is 273 g/mol. The Bertz CT molecular complexity index is 396. The van der Waals surface area contributed by atoms with Crippen molar-refractivity contribution in [2.75, 3.05) is 20.6 Å². The van der Waals surface area contributed by atoms with Crippen LogP contribution in [0.1, 0.15) is 37.5 Å². The van der Waals surface area contributed by atoms with E-state index in [-0.39, 0.29) is 5.41 Å². The highest BCUT2D eigenvalue weighted by atomic mass is 19.4. The van der Waals surface area contributed by atoms with E-state index in [9.17, 15) is 13.2 Å². The SMILES string of the molecule is CN(C)CCc1cc(C(C)(C)C)cc(C(F)(F)F)c1. The van der Waals surface area contributed by atoms with Crippen LogP contribution in [-0.4, -0.2) is 25.5 Å². The summed E-state index contributed by atoms with van der Waals surface area (Å²) in [6.07, 6.45) is -3.66. The molecule has 0 saturated carbocycles. The van der Waals surface area contributed by atoms with Crippen molar-refractivity contribution in [1.29, 1.82) is 0 Å². The number of likely N-dealkylation sites (N-methyl/N-ethyl adjacent to an activating group) is 1. The molecule has 0 amide bonds. The molecule has 0 saturated heterocycles. The summed E-state index contributed by atoms with van der Waals surface area (Å²) in [5.41, 5.74) is 0.645. The van der Waals surface area contributed by atoms with Crippen molar-refractivity contribution in [3.8, 4) is 0 Å². The Morgan fingerprint density at radius 1 is 0.947 bits per heavy atom. The molecule has 0 atom stereocenters. The van der Waals surface area contributed by atoms with Crippen molar-refractivity contribution in [3.05, 3.63) is 34.9 Å². The predicted octanol–water partition coefficient (Wildman–Crippen LogP) is 4.11. The van der Waals surface area contributed by atoms with Crippen molar-refractivity contribution in [2.24, 2.45) is 0 Å². The first kappa shape index (κ1) is 16.0. The highest BCUT2D eigenvalue weighted by Crippen LogP contribution is 2.34. The van der Waals surface area contributed by atoms with E-state index in [0.29, 0.717) is 6.42 Å². The van der Waals surface area contributed by atoms with Gasteiger partial charge in [0.15, 0.2) is 0 Å². The van der Waals surface area contributed by atoms with Crippen LogP contribution in [0.2, 0.25) is 0 Å². The molecule has 0 aliphatic rings. The lowest BCUT2D eigenvalue weighted by atomic mass is 9.84. The molecule has 0 radical (unpaired) electrons. The quantitative estimate of drug-likeness (QED) is 0.801. The van der Waals surface area contributed by atoms with Gasteiger partial charge in [-0.15, -0.1) is 0 Å². The normalized spacial score (nSPS) is 13.1. The number of hydrogen-bond donors (Lipinski definition) is 0. The van der Waals surface area contributed by atoms with E-state index in [1.54, 1.807) is 0 Å². The molecule has 1 nitrogen and oxygen atoms in total. The van der Waals surface area contributed by atoms with Crippen molar-refractivity contribution in [2.45, 2.75) is 38.8 Å². The maximum Gasteiger partial charge on any atom is 0.416 e. The topological polar surface area (TPSA) is 3.24 Å². The molecular weight excluding hydrogens is 251 g/mol. The minimum atomic E-state index is -4.28. The van der Waals surface area contributed by atoms with Gasteiger partial charge in [0.2, 0.25) is 0 Å². The van der Waals surface area contributed by atoms with E-state index in [1.165, 1.54) is 12.1 Å². The molecule has 108 valence electrons. The Morgan fingerprint density at radius 2 is 1.47 bits per heavy atom. The van der Waals surface area contributed by atoms with E-state index in [1.807, 2.05) is 45.8 Å². The highest BCUT2D eigenvalue weighted by Gasteiger charge is 2.32. The lowest BCUT2D eigenvalue weighted by Gasteiger charge is -2.22. The van der Waals surface area contributed by atoms with E-state index >= 15 is 0 Å². The first-order chi connectivity index (χ1) is 8.50. The van der Waals surface area contributed by atoms with Crippen molar-refractivity contribution >= 4 is 0 Å². The largest absolute Gasteiger partial charge is 0.416 e. The van der Waals surface area contributed by atoms with Crippen LogP contribution in [0.4, 0.5) is 13.2 Å². The zero-order chi connectivity index (χ0) is 14.8. The van der Waals surface area contributed by atoms with E-state index in [4.69, 9.17) is 0 Å². The number of alkyl halides is 3. The van der Waals surface area contributed by atoms with Crippen molar-refractivity contribution in [1.82, 2.24) is 4.90 Å². The minimum absolute atomic E-state index is 0.284. The molecule has 0 spiro atoms. The van der Waals surface area contributed by atoms with Crippen molar-refractivity contribution in [3.63, 3.8) is 0 Å². The van der Waals surface area contributed by atoms with Gasteiger partial charge in [0.1, 0.15) is 0 Å². The summed E-state index contributed by atoms with van der Waals surface area (Å²) >= 11 is 0. The Balaban J connectivity index is 3.17. The van der Waals surface area contributed by atoms with Crippen LogP contribution in [0.5, 0.6) is 0 Å². The van der Waals surface area contributed by atoms with Crippen LogP contribution < -0.4 is 0 Å². The maximum atomic E-state index is 12.9. The Labute approximate surface area is 113 Å². The van der Waals surface area contributed by atoms with Crippen molar-refractivity contribution < 1.29 is 13.2 Å². The molecule has 4 heteroatoms. The molecule has 1 rings (SSSR count). The van der Waals surface area contributed by atoms with Gasteiger partial charge < -0.3 is 4.90 Å². The number of halogens is 3. The predicted molar refractivity (Wildman–Crippen MR) is 72.4 cm³/mol. The molecule has 19 heavy (non-hydrogen) atoms. The minimum Gasteiger partial charge on any atom is -0.309 e. The third-order valence-electron chi connectivity index (χ3n) is 3.03. The summed E-state index contributed by atoms with van der Waals surface area (Å²) in [5.74, 6) is 0. The van der Waals surface area contributed by atoms with E-state index < -0.39 is 11.7 Å². The average molecular weight is 273 g/mol. The molecule has 0 N–H and O–H groups in total. The van der Waals surface area contributed by atoms with Crippen LogP contribution in [0.25, 0.3) is 0 Å². The molecule has 0 aliphatic carbocycles. The average Bonchev–Trinajstić information content (AvgIpc) is 2.23. The second-order valence-corrected chi connectivity index (χ2v) is 6.22.